The Kier molecular flexibility index (Phi) is 3.49. The van der Waals surface area contributed by atoms with Gasteiger partial charge in [0.2, 0.25) is 5.78 Å². The number of nitrogens with two attached hydrogens (primary N) is 1. The molecular formula is C12H10BrNO2S. The predicted octanol–water partition coefficient (Wildman–Crippen LogP) is 3.33. The molecule has 0 aliphatic rings. The van der Waals surface area contributed by atoms with Crippen LogP contribution in [0.2, 0.25) is 0 Å². The molecule has 17 heavy (non-hydrogen) atoms. The largest absolute Gasteiger partial charge is 0.497 e. The number of ether oxygens (including phenoxy) is 1. The van der Waals surface area contributed by atoms with Gasteiger partial charge < -0.3 is 10.5 Å². The summed E-state index contributed by atoms with van der Waals surface area (Å²) in [4.78, 5) is 12.9. The van der Waals surface area contributed by atoms with Crippen LogP contribution in [0.5, 0.6) is 5.75 Å². The van der Waals surface area contributed by atoms with Crippen LogP contribution in [-0.2, 0) is 0 Å². The van der Waals surface area contributed by atoms with E-state index < -0.39 is 0 Å². The Hall–Kier alpha value is -1.33. The SMILES string of the molecule is COc1ccc(N)c(C(=O)c2ccc(Br)s2)c1. The summed E-state index contributed by atoms with van der Waals surface area (Å²) in [6.07, 6.45) is 0. The van der Waals surface area contributed by atoms with Gasteiger partial charge in [-0.15, -0.1) is 11.3 Å². The highest BCUT2D eigenvalue weighted by Gasteiger charge is 2.15. The third kappa shape index (κ3) is 2.50. The van der Waals surface area contributed by atoms with Gasteiger partial charge in [0.15, 0.2) is 0 Å². The van der Waals surface area contributed by atoms with Gasteiger partial charge in [-0.2, -0.15) is 0 Å². The van der Waals surface area contributed by atoms with Gasteiger partial charge in [-0.25, -0.2) is 0 Å². The number of rotatable bonds is 3. The number of nitrogen functional groups attached to an aromatic ring is 1. The molecule has 3 nitrogen and oxygen atoms in total. The first kappa shape index (κ1) is 12.1. The number of hydrogen-bond acceptors (Lipinski definition) is 4. The molecule has 1 aromatic carbocycles. The summed E-state index contributed by atoms with van der Waals surface area (Å²) in [5, 5.41) is 0. The van der Waals surface area contributed by atoms with Crippen LogP contribution in [0.15, 0.2) is 34.1 Å². The quantitative estimate of drug-likeness (QED) is 0.698. The summed E-state index contributed by atoms with van der Waals surface area (Å²) in [6.45, 7) is 0. The first-order valence-corrected chi connectivity index (χ1v) is 6.46. The van der Waals surface area contributed by atoms with E-state index in [-0.39, 0.29) is 5.78 Å². The molecule has 0 aliphatic heterocycles. The number of carbonyl (C=O) groups is 1. The maximum Gasteiger partial charge on any atom is 0.205 e. The molecule has 0 saturated heterocycles. The van der Waals surface area contributed by atoms with Crippen molar-refractivity contribution in [3.05, 3.63) is 44.6 Å². The van der Waals surface area contributed by atoms with Crippen LogP contribution in [0.4, 0.5) is 5.69 Å². The van der Waals surface area contributed by atoms with Gasteiger partial charge in [0.05, 0.1) is 15.8 Å². The van der Waals surface area contributed by atoms with E-state index in [1.807, 2.05) is 6.07 Å². The molecule has 1 heterocycles. The average Bonchev–Trinajstić information content (AvgIpc) is 2.76. The zero-order valence-corrected chi connectivity index (χ0v) is 11.5. The van der Waals surface area contributed by atoms with Crippen molar-refractivity contribution >= 4 is 38.7 Å². The molecule has 88 valence electrons. The smallest absolute Gasteiger partial charge is 0.205 e. The zero-order valence-electron chi connectivity index (χ0n) is 9.07. The minimum Gasteiger partial charge on any atom is -0.497 e. The molecule has 0 amide bonds. The number of carbonyl (C=O) groups excluding carboxylic acids is 1. The number of halogens is 1. The van der Waals surface area contributed by atoms with Crippen LogP contribution in [0.1, 0.15) is 15.2 Å². The van der Waals surface area contributed by atoms with Crippen LogP contribution < -0.4 is 10.5 Å². The number of anilines is 1. The number of thiophene rings is 1. The molecule has 0 saturated carbocycles. The summed E-state index contributed by atoms with van der Waals surface area (Å²) in [5.74, 6) is 0.537. The monoisotopic (exact) mass is 311 g/mol. The lowest BCUT2D eigenvalue weighted by Crippen LogP contribution is -2.04. The Morgan fingerprint density at radius 2 is 2.12 bits per heavy atom. The molecule has 0 unspecified atom stereocenters. The van der Waals surface area contributed by atoms with Crippen molar-refractivity contribution in [2.24, 2.45) is 0 Å². The summed E-state index contributed by atoms with van der Waals surface area (Å²) in [6, 6.07) is 8.68. The highest BCUT2D eigenvalue weighted by Crippen LogP contribution is 2.27. The predicted molar refractivity (Wildman–Crippen MR) is 72.9 cm³/mol. The van der Waals surface area contributed by atoms with Crippen molar-refractivity contribution in [1.29, 1.82) is 0 Å². The Balaban J connectivity index is 2.43. The fourth-order valence-corrected chi connectivity index (χ4v) is 2.77. The maximum absolute atomic E-state index is 12.2. The molecule has 0 aliphatic carbocycles. The van der Waals surface area contributed by atoms with Gasteiger partial charge >= 0.3 is 0 Å². The Labute approximate surface area is 111 Å². The molecule has 2 N–H and O–H groups in total. The van der Waals surface area contributed by atoms with Crippen LogP contribution in [0.25, 0.3) is 0 Å². The molecule has 1 aromatic heterocycles. The lowest BCUT2D eigenvalue weighted by atomic mass is 10.1. The van der Waals surface area contributed by atoms with Crippen LogP contribution in [-0.4, -0.2) is 12.9 Å². The van der Waals surface area contributed by atoms with Crippen molar-refractivity contribution in [2.45, 2.75) is 0 Å². The van der Waals surface area contributed by atoms with Crippen molar-refractivity contribution in [3.63, 3.8) is 0 Å². The molecule has 2 aromatic rings. The normalized spacial score (nSPS) is 10.2. The maximum atomic E-state index is 12.2. The van der Waals surface area contributed by atoms with E-state index in [0.29, 0.717) is 21.9 Å². The molecule has 0 atom stereocenters. The highest BCUT2D eigenvalue weighted by molar-refractivity contribution is 9.11. The minimum atomic E-state index is -0.0860. The first-order chi connectivity index (χ1) is 8.11. The van der Waals surface area contributed by atoms with E-state index in [1.54, 1.807) is 31.4 Å². The first-order valence-electron chi connectivity index (χ1n) is 4.85. The second-order valence-electron chi connectivity index (χ2n) is 3.39. The van der Waals surface area contributed by atoms with Crippen molar-refractivity contribution in [3.8, 4) is 5.75 Å². The number of ketones is 1. The third-order valence-corrected chi connectivity index (χ3v) is 3.92. The van der Waals surface area contributed by atoms with Crippen molar-refractivity contribution in [2.75, 3.05) is 12.8 Å². The van der Waals surface area contributed by atoms with Crippen LogP contribution in [0.3, 0.4) is 0 Å². The van der Waals surface area contributed by atoms with Crippen LogP contribution >= 0.6 is 27.3 Å². The summed E-state index contributed by atoms with van der Waals surface area (Å²) in [5.41, 5.74) is 6.74. The van der Waals surface area contributed by atoms with Gasteiger partial charge in [-0.05, 0) is 46.3 Å². The third-order valence-electron chi connectivity index (χ3n) is 2.30. The van der Waals surface area contributed by atoms with Crippen molar-refractivity contribution in [1.82, 2.24) is 0 Å². The topological polar surface area (TPSA) is 52.3 Å². The second-order valence-corrected chi connectivity index (χ2v) is 5.85. The fourth-order valence-electron chi connectivity index (χ4n) is 1.43. The standard InChI is InChI=1S/C12H10BrNO2S/c1-16-7-2-3-9(14)8(6-7)12(15)10-4-5-11(13)17-10/h2-6H,14H2,1H3. The van der Waals surface area contributed by atoms with E-state index in [4.69, 9.17) is 10.5 Å². The lowest BCUT2D eigenvalue weighted by Gasteiger charge is -2.06. The zero-order chi connectivity index (χ0) is 12.4. The summed E-state index contributed by atoms with van der Waals surface area (Å²) >= 11 is 4.71. The minimum absolute atomic E-state index is 0.0860. The molecule has 0 radical (unpaired) electrons. The number of benzene rings is 1. The van der Waals surface area contributed by atoms with E-state index in [1.165, 1.54) is 11.3 Å². The van der Waals surface area contributed by atoms with Crippen molar-refractivity contribution < 1.29 is 9.53 Å². The molecule has 0 bridgehead atoms. The molecule has 0 fully saturated rings. The Bertz CT molecular complexity index is 565. The van der Waals surface area contributed by atoms with Gasteiger partial charge in [0, 0.05) is 11.3 Å². The molecule has 0 spiro atoms. The number of methoxy groups -OCH3 is 1. The Morgan fingerprint density at radius 1 is 1.35 bits per heavy atom. The fraction of sp³-hybridized carbons (Fsp3) is 0.0833. The van der Waals surface area contributed by atoms with Gasteiger partial charge in [-0.3, -0.25) is 4.79 Å². The molecule has 5 heteroatoms. The molecular weight excluding hydrogens is 302 g/mol. The Morgan fingerprint density at radius 3 is 2.71 bits per heavy atom. The van der Waals surface area contributed by atoms with E-state index in [0.717, 1.165) is 3.79 Å². The average molecular weight is 312 g/mol. The summed E-state index contributed by atoms with van der Waals surface area (Å²) in [7, 11) is 1.56. The van der Waals surface area contributed by atoms with E-state index in [2.05, 4.69) is 15.9 Å². The summed E-state index contributed by atoms with van der Waals surface area (Å²) < 4.78 is 6.01. The van der Waals surface area contributed by atoms with Crippen LogP contribution in [0, 0.1) is 0 Å². The van der Waals surface area contributed by atoms with Gasteiger partial charge in [0.1, 0.15) is 5.75 Å². The van der Waals surface area contributed by atoms with E-state index >= 15 is 0 Å². The van der Waals surface area contributed by atoms with Gasteiger partial charge in [-0.1, -0.05) is 0 Å². The van der Waals surface area contributed by atoms with E-state index in [9.17, 15) is 4.79 Å². The van der Waals surface area contributed by atoms with Gasteiger partial charge in [0.25, 0.3) is 0 Å². The highest BCUT2D eigenvalue weighted by atomic mass is 79.9. The molecule has 2 rings (SSSR count). The lowest BCUT2D eigenvalue weighted by molar-refractivity contribution is 0.104. The second kappa shape index (κ2) is 4.89. The number of hydrogen-bond donors (Lipinski definition) is 1.